The first-order valence-electron chi connectivity index (χ1n) is 8.73. The Balaban J connectivity index is 1.31. The quantitative estimate of drug-likeness (QED) is 0.816. The van der Waals surface area contributed by atoms with Gasteiger partial charge in [-0.05, 0) is 30.5 Å². The Labute approximate surface area is 142 Å². The van der Waals surface area contributed by atoms with Crippen molar-refractivity contribution in [2.75, 3.05) is 19.8 Å². The standard InChI is InChI=1S/C19H24N2O3/c1-2-15(10-20-6-1)12-23-14-17-3-4-18-19(17)24-9-7-21(18)11-16-5-8-22-13-16/h1-2,5-6,8,10,13,17-19H,3-4,7,9,11-12,14H2/t17-,18+,19+/m0/s1. The van der Waals surface area contributed by atoms with Gasteiger partial charge in [0, 0.05) is 43.0 Å². The molecule has 0 bridgehead atoms. The van der Waals surface area contributed by atoms with E-state index in [-0.39, 0.29) is 0 Å². The van der Waals surface area contributed by atoms with E-state index in [1.54, 1.807) is 12.5 Å². The Morgan fingerprint density at radius 2 is 2.25 bits per heavy atom. The summed E-state index contributed by atoms with van der Waals surface area (Å²) in [7, 11) is 0. The van der Waals surface area contributed by atoms with E-state index in [1.807, 2.05) is 30.7 Å². The van der Waals surface area contributed by atoms with Crippen LogP contribution in [-0.2, 0) is 22.6 Å². The molecule has 0 amide bonds. The molecule has 1 aliphatic carbocycles. The molecule has 0 spiro atoms. The Morgan fingerprint density at radius 3 is 3.08 bits per heavy atom. The smallest absolute Gasteiger partial charge is 0.0947 e. The number of aromatic nitrogens is 1. The van der Waals surface area contributed by atoms with Gasteiger partial charge < -0.3 is 13.9 Å². The van der Waals surface area contributed by atoms with E-state index in [2.05, 4.69) is 9.88 Å². The van der Waals surface area contributed by atoms with Crippen molar-refractivity contribution in [2.24, 2.45) is 5.92 Å². The fraction of sp³-hybridized carbons (Fsp3) is 0.526. The molecule has 128 valence electrons. The van der Waals surface area contributed by atoms with Crippen LogP contribution in [0.5, 0.6) is 0 Å². The van der Waals surface area contributed by atoms with E-state index in [0.29, 0.717) is 24.7 Å². The summed E-state index contributed by atoms with van der Waals surface area (Å²) in [4.78, 5) is 6.67. The molecule has 3 heterocycles. The SMILES string of the molecule is c1cncc(COC[C@@H]2CC[C@@H]3[C@@H]2OCCN3Cc2ccoc2)c1. The molecule has 4 rings (SSSR count). The lowest BCUT2D eigenvalue weighted by Gasteiger charge is -2.39. The van der Waals surface area contributed by atoms with E-state index < -0.39 is 0 Å². The molecule has 2 fully saturated rings. The lowest BCUT2D eigenvalue weighted by Crippen LogP contribution is -2.50. The van der Waals surface area contributed by atoms with Crippen LogP contribution in [0.15, 0.2) is 47.5 Å². The molecule has 1 aliphatic heterocycles. The molecule has 1 saturated heterocycles. The molecule has 0 N–H and O–H groups in total. The monoisotopic (exact) mass is 328 g/mol. The highest BCUT2D eigenvalue weighted by Crippen LogP contribution is 2.35. The summed E-state index contributed by atoms with van der Waals surface area (Å²) in [6.45, 7) is 4.13. The van der Waals surface area contributed by atoms with Gasteiger partial charge in [-0.1, -0.05) is 6.07 Å². The van der Waals surface area contributed by atoms with Gasteiger partial charge in [0.15, 0.2) is 0 Å². The van der Waals surface area contributed by atoms with Crippen molar-refractivity contribution in [3.05, 3.63) is 54.2 Å². The minimum atomic E-state index is 0.291. The van der Waals surface area contributed by atoms with E-state index in [4.69, 9.17) is 13.9 Å². The van der Waals surface area contributed by atoms with Crippen molar-refractivity contribution in [3.63, 3.8) is 0 Å². The molecule has 3 atom stereocenters. The third-order valence-corrected chi connectivity index (χ3v) is 5.12. The summed E-state index contributed by atoms with van der Waals surface area (Å²) in [5, 5.41) is 0. The summed E-state index contributed by atoms with van der Waals surface area (Å²) in [5.41, 5.74) is 2.37. The van der Waals surface area contributed by atoms with Crippen LogP contribution >= 0.6 is 0 Å². The van der Waals surface area contributed by atoms with Gasteiger partial charge in [-0.3, -0.25) is 9.88 Å². The molecule has 2 aromatic rings. The second-order valence-electron chi connectivity index (χ2n) is 6.72. The van der Waals surface area contributed by atoms with Crippen molar-refractivity contribution >= 4 is 0 Å². The first kappa shape index (κ1) is 15.8. The van der Waals surface area contributed by atoms with E-state index in [0.717, 1.165) is 31.9 Å². The Kier molecular flexibility index (Phi) is 4.92. The van der Waals surface area contributed by atoms with Crippen molar-refractivity contribution in [1.29, 1.82) is 0 Å². The van der Waals surface area contributed by atoms with Gasteiger partial charge in [-0.25, -0.2) is 0 Å². The van der Waals surface area contributed by atoms with E-state index in [1.165, 1.54) is 18.4 Å². The number of pyridine rings is 1. The molecular weight excluding hydrogens is 304 g/mol. The van der Waals surface area contributed by atoms with Crippen LogP contribution < -0.4 is 0 Å². The minimum Gasteiger partial charge on any atom is -0.472 e. The molecule has 5 heteroatoms. The van der Waals surface area contributed by atoms with Crippen LogP contribution in [-0.4, -0.2) is 41.8 Å². The highest BCUT2D eigenvalue weighted by atomic mass is 16.5. The molecule has 2 aromatic heterocycles. The Bertz CT molecular complexity index is 617. The molecule has 2 aliphatic rings. The summed E-state index contributed by atoms with van der Waals surface area (Å²) in [5.74, 6) is 0.485. The zero-order valence-electron chi connectivity index (χ0n) is 13.8. The van der Waals surface area contributed by atoms with Crippen molar-refractivity contribution in [2.45, 2.75) is 38.1 Å². The molecule has 1 saturated carbocycles. The fourth-order valence-electron chi connectivity index (χ4n) is 3.94. The third-order valence-electron chi connectivity index (χ3n) is 5.12. The molecule has 5 nitrogen and oxygen atoms in total. The Hall–Kier alpha value is -1.69. The number of nitrogens with zero attached hydrogens (tertiary/aromatic N) is 2. The summed E-state index contributed by atoms with van der Waals surface area (Å²) in [6, 6.07) is 6.55. The third kappa shape index (κ3) is 3.53. The van der Waals surface area contributed by atoms with Crippen molar-refractivity contribution < 1.29 is 13.9 Å². The summed E-state index contributed by atoms with van der Waals surface area (Å²) in [6.07, 6.45) is 9.88. The lowest BCUT2D eigenvalue weighted by molar-refractivity contribution is -0.0892. The number of furan rings is 1. The topological polar surface area (TPSA) is 47.7 Å². The maximum absolute atomic E-state index is 6.11. The average molecular weight is 328 g/mol. The predicted octanol–water partition coefficient (Wildman–Crippen LogP) is 2.87. The van der Waals surface area contributed by atoms with Gasteiger partial charge in [-0.2, -0.15) is 0 Å². The second-order valence-corrected chi connectivity index (χ2v) is 6.72. The maximum Gasteiger partial charge on any atom is 0.0947 e. The maximum atomic E-state index is 6.11. The van der Waals surface area contributed by atoms with Gasteiger partial charge in [-0.15, -0.1) is 0 Å². The lowest BCUT2D eigenvalue weighted by atomic mass is 10.0. The molecule has 0 aromatic carbocycles. The number of ether oxygens (including phenoxy) is 2. The minimum absolute atomic E-state index is 0.291. The van der Waals surface area contributed by atoms with Crippen LogP contribution in [0.25, 0.3) is 0 Å². The Morgan fingerprint density at radius 1 is 1.25 bits per heavy atom. The highest BCUT2D eigenvalue weighted by Gasteiger charge is 2.42. The number of rotatable bonds is 6. The summed E-state index contributed by atoms with van der Waals surface area (Å²) >= 11 is 0. The van der Waals surface area contributed by atoms with Gasteiger partial charge >= 0.3 is 0 Å². The average Bonchev–Trinajstić information content (AvgIpc) is 3.27. The number of hydrogen-bond acceptors (Lipinski definition) is 5. The largest absolute Gasteiger partial charge is 0.472 e. The number of fused-ring (bicyclic) bond motifs is 1. The van der Waals surface area contributed by atoms with Crippen molar-refractivity contribution in [1.82, 2.24) is 9.88 Å². The fourth-order valence-corrected chi connectivity index (χ4v) is 3.94. The van der Waals surface area contributed by atoms with Crippen molar-refractivity contribution in [3.8, 4) is 0 Å². The summed E-state index contributed by atoms with van der Waals surface area (Å²) < 4.78 is 17.3. The van der Waals surface area contributed by atoms with Crippen LogP contribution in [0, 0.1) is 5.92 Å². The molecule has 0 unspecified atom stereocenters. The molecular formula is C19H24N2O3. The van der Waals surface area contributed by atoms with Gasteiger partial charge in [0.1, 0.15) is 0 Å². The zero-order chi connectivity index (χ0) is 16.2. The molecule has 0 radical (unpaired) electrons. The van der Waals surface area contributed by atoms with Crippen LogP contribution in [0.3, 0.4) is 0 Å². The van der Waals surface area contributed by atoms with Crippen LogP contribution in [0.4, 0.5) is 0 Å². The van der Waals surface area contributed by atoms with Gasteiger partial charge in [0.05, 0.1) is 38.5 Å². The van der Waals surface area contributed by atoms with Gasteiger partial charge in [0.2, 0.25) is 0 Å². The molecule has 24 heavy (non-hydrogen) atoms. The van der Waals surface area contributed by atoms with E-state index >= 15 is 0 Å². The number of hydrogen-bond donors (Lipinski definition) is 0. The first-order chi connectivity index (χ1) is 11.9. The second kappa shape index (κ2) is 7.47. The van der Waals surface area contributed by atoms with E-state index in [9.17, 15) is 0 Å². The predicted molar refractivity (Wildman–Crippen MR) is 89.3 cm³/mol. The van der Waals surface area contributed by atoms with Crippen LogP contribution in [0.1, 0.15) is 24.0 Å². The normalized spacial score (nSPS) is 27.2. The van der Waals surface area contributed by atoms with Crippen LogP contribution in [0.2, 0.25) is 0 Å². The zero-order valence-corrected chi connectivity index (χ0v) is 13.8. The number of morpholine rings is 1. The highest BCUT2D eigenvalue weighted by molar-refractivity contribution is 5.08. The van der Waals surface area contributed by atoms with Gasteiger partial charge in [0.25, 0.3) is 0 Å². The first-order valence-corrected chi connectivity index (χ1v) is 8.73.